The van der Waals surface area contributed by atoms with E-state index in [-0.39, 0.29) is 11.8 Å². The van der Waals surface area contributed by atoms with Gasteiger partial charge in [-0.15, -0.1) is 0 Å². The summed E-state index contributed by atoms with van der Waals surface area (Å²) in [5.74, 6) is -2.72. The van der Waals surface area contributed by atoms with E-state index in [0.717, 1.165) is 58.3 Å². The Labute approximate surface area is 292 Å². The summed E-state index contributed by atoms with van der Waals surface area (Å²) < 4.78 is 32.7. The molecule has 1 fully saturated rings. The number of carbonyl (C=O) groups excluding carboxylic acids is 2. The van der Waals surface area contributed by atoms with Crippen molar-refractivity contribution < 1.29 is 32.7 Å². The first-order valence-corrected chi connectivity index (χ1v) is 16.7. The fourth-order valence-electron chi connectivity index (χ4n) is 5.34. The highest BCUT2D eigenvalue weighted by Gasteiger charge is 2.38. The van der Waals surface area contributed by atoms with Crippen molar-refractivity contribution >= 4 is 33.7 Å². The molecule has 49 heavy (non-hydrogen) atoms. The first-order valence-electron chi connectivity index (χ1n) is 15.9. The molecule has 12 heteroatoms. The molecule has 0 unspecified atom stereocenters. The minimum absolute atomic E-state index is 0.0481. The maximum absolute atomic E-state index is 13.5. The third kappa shape index (κ3) is 12.4. The predicted molar refractivity (Wildman–Crippen MR) is 185 cm³/mol. The number of nitrogens with one attached hydrogen (secondary N) is 1. The van der Waals surface area contributed by atoms with Crippen LogP contribution in [0.5, 0.6) is 0 Å². The second-order valence-corrected chi connectivity index (χ2v) is 12.5. The molecule has 1 aliphatic rings. The molecule has 8 nitrogen and oxygen atoms in total. The van der Waals surface area contributed by atoms with Crippen LogP contribution in [-0.2, 0) is 29.0 Å². The molecule has 258 valence electrons. The van der Waals surface area contributed by atoms with Crippen molar-refractivity contribution in [3.05, 3.63) is 124 Å². The lowest BCUT2D eigenvalue weighted by atomic mass is 10.0. The van der Waals surface area contributed by atoms with Crippen LogP contribution in [0.15, 0.2) is 102 Å². The van der Waals surface area contributed by atoms with Gasteiger partial charge in [-0.05, 0) is 103 Å². The van der Waals surface area contributed by atoms with Gasteiger partial charge >= 0.3 is 12.1 Å². The van der Waals surface area contributed by atoms with Gasteiger partial charge in [0.2, 0.25) is 5.91 Å². The van der Waals surface area contributed by atoms with Crippen molar-refractivity contribution in [3.8, 4) is 11.1 Å². The van der Waals surface area contributed by atoms with Crippen molar-refractivity contribution in [2.45, 2.75) is 38.4 Å². The fraction of sp³-hybridized carbons (Fsp3) is 0.297. The van der Waals surface area contributed by atoms with Gasteiger partial charge in [-0.3, -0.25) is 14.6 Å². The number of carboxylic acid groups (broad SMARTS) is 1. The number of aliphatic carboxylic acids is 1. The van der Waals surface area contributed by atoms with Crippen LogP contribution in [0.25, 0.3) is 11.1 Å². The Hall–Kier alpha value is -4.55. The van der Waals surface area contributed by atoms with E-state index >= 15 is 0 Å². The van der Waals surface area contributed by atoms with Gasteiger partial charge in [-0.2, -0.15) is 13.2 Å². The third-order valence-electron chi connectivity index (χ3n) is 7.95. The number of pyridine rings is 1. The molecular weight excluding hydrogens is 701 g/mol. The van der Waals surface area contributed by atoms with E-state index in [0.29, 0.717) is 31.6 Å². The van der Waals surface area contributed by atoms with Crippen molar-refractivity contribution in [2.24, 2.45) is 0 Å². The van der Waals surface area contributed by atoms with Gasteiger partial charge in [0.1, 0.15) is 0 Å². The molecule has 1 aromatic heterocycles. The molecule has 2 amide bonds. The van der Waals surface area contributed by atoms with Crippen LogP contribution in [0.1, 0.15) is 39.9 Å². The van der Waals surface area contributed by atoms with Gasteiger partial charge < -0.3 is 20.2 Å². The lowest BCUT2D eigenvalue weighted by molar-refractivity contribution is -0.192. The molecule has 2 N–H and O–H groups in total. The molecule has 1 saturated heterocycles. The van der Waals surface area contributed by atoms with Gasteiger partial charge in [-0.25, -0.2) is 4.79 Å². The Morgan fingerprint density at radius 3 is 2.14 bits per heavy atom. The van der Waals surface area contributed by atoms with E-state index in [4.69, 9.17) is 9.90 Å². The fourth-order valence-corrected chi connectivity index (χ4v) is 5.60. The number of carboxylic acids is 1. The van der Waals surface area contributed by atoms with E-state index in [1.807, 2.05) is 71.6 Å². The highest BCUT2D eigenvalue weighted by Crippen LogP contribution is 2.23. The van der Waals surface area contributed by atoms with Crippen LogP contribution in [0, 0.1) is 0 Å². The zero-order chi connectivity index (χ0) is 35.2. The summed E-state index contributed by atoms with van der Waals surface area (Å²) in [7, 11) is 0. The monoisotopic (exact) mass is 738 g/mol. The topological polar surface area (TPSA) is 103 Å². The molecule has 1 aliphatic heterocycles. The number of hydrogen-bond acceptors (Lipinski definition) is 5. The zero-order valence-corrected chi connectivity index (χ0v) is 28.4. The quantitative estimate of drug-likeness (QED) is 0.166. The van der Waals surface area contributed by atoms with E-state index in [9.17, 15) is 22.8 Å². The Bertz CT molecular complexity index is 1680. The summed E-state index contributed by atoms with van der Waals surface area (Å²) in [6, 6.07) is 27.9. The van der Waals surface area contributed by atoms with Crippen LogP contribution in [0.3, 0.4) is 0 Å². The molecule has 0 atom stereocenters. The van der Waals surface area contributed by atoms with Crippen LogP contribution in [0.2, 0.25) is 0 Å². The number of carbonyl (C=O) groups is 3. The summed E-state index contributed by atoms with van der Waals surface area (Å²) >= 11 is 3.47. The Kier molecular flexibility index (Phi) is 13.9. The average Bonchev–Trinajstić information content (AvgIpc) is 3.62. The first kappa shape index (κ1) is 37.3. The van der Waals surface area contributed by atoms with Crippen molar-refractivity contribution in [2.75, 3.05) is 32.7 Å². The number of aromatic nitrogens is 1. The normalized spacial score (nSPS) is 12.9. The molecule has 3 aromatic carbocycles. The number of likely N-dealkylation sites (tertiary alicyclic amines) is 1. The molecule has 4 aromatic rings. The predicted octanol–water partition coefficient (Wildman–Crippen LogP) is 6.78. The van der Waals surface area contributed by atoms with Gasteiger partial charge in [0.25, 0.3) is 5.91 Å². The van der Waals surface area contributed by atoms with Crippen LogP contribution >= 0.6 is 15.9 Å². The minimum atomic E-state index is -5.08. The van der Waals surface area contributed by atoms with Crippen molar-refractivity contribution in [1.29, 1.82) is 0 Å². The Balaban J connectivity index is 0.000000698. The maximum Gasteiger partial charge on any atom is 0.490 e. The third-order valence-corrected chi connectivity index (χ3v) is 8.48. The molecule has 0 bridgehead atoms. The summed E-state index contributed by atoms with van der Waals surface area (Å²) in [5.41, 5.74) is 5.84. The standard InChI is InChI=1S/C35H37BrN4O2.C2HF3O2/c36-33-11-9-28(10-12-33)24-34(41)40(21-15-27-13-16-37-17-14-27)26-29-5-3-6-30(23-29)31-7-4-8-32(25-31)35(42)38-18-22-39-19-1-2-20-39;3-2(4,5)1(6)7/h3-14,16-17,23,25H,1-2,15,18-22,24,26H2,(H,38,42);(H,6,7). The van der Waals surface area contributed by atoms with Crippen molar-refractivity contribution in [1.82, 2.24) is 20.1 Å². The number of benzene rings is 3. The van der Waals surface area contributed by atoms with Crippen molar-refractivity contribution in [3.63, 3.8) is 0 Å². The van der Waals surface area contributed by atoms with Gasteiger partial charge in [0, 0.05) is 48.6 Å². The Morgan fingerprint density at radius 1 is 0.857 bits per heavy atom. The zero-order valence-electron chi connectivity index (χ0n) is 26.8. The highest BCUT2D eigenvalue weighted by atomic mass is 79.9. The molecule has 0 spiro atoms. The molecule has 0 radical (unpaired) electrons. The minimum Gasteiger partial charge on any atom is -0.475 e. The lowest BCUT2D eigenvalue weighted by Gasteiger charge is -2.23. The summed E-state index contributed by atoms with van der Waals surface area (Å²) in [6.45, 7) is 4.91. The van der Waals surface area contributed by atoms with E-state index in [1.165, 1.54) is 12.8 Å². The molecule has 0 saturated carbocycles. The number of nitrogens with zero attached hydrogens (tertiary/aromatic N) is 3. The summed E-state index contributed by atoms with van der Waals surface area (Å²) in [4.78, 5) is 43.7. The number of halogens is 4. The van der Waals surface area contributed by atoms with Gasteiger partial charge in [0.15, 0.2) is 0 Å². The summed E-state index contributed by atoms with van der Waals surface area (Å²) in [5, 5.41) is 10.2. The summed E-state index contributed by atoms with van der Waals surface area (Å²) in [6.07, 6.45) is 2.08. The number of hydrogen-bond donors (Lipinski definition) is 2. The number of alkyl halides is 3. The second kappa shape index (κ2) is 18.3. The largest absolute Gasteiger partial charge is 0.490 e. The molecule has 0 aliphatic carbocycles. The maximum atomic E-state index is 13.5. The first-order chi connectivity index (χ1) is 23.5. The molecule has 5 rings (SSSR count). The average molecular weight is 740 g/mol. The lowest BCUT2D eigenvalue weighted by Crippen LogP contribution is -2.33. The molecule has 2 heterocycles. The van der Waals surface area contributed by atoms with Crippen LogP contribution in [0.4, 0.5) is 13.2 Å². The smallest absolute Gasteiger partial charge is 0.475 e. The van der Waals surface area contributed by atoms with Gasteiger partial charge in [-0.1, -0.05) is 58.4 Å². The molecular formula is C37H38BrF3N4O4. The van der Waals surface area contributed by atoms with E-state index in [1.54, 1.807) is 12.4 Å². The SMILES string of the molecule is O=C(NCCN1CCCC1)c1cccc(-c2cccc(CN(CCc3ccncc3)C(=O)Cc3ccc(Br)cc3)c2)c1.O=C(O)C(F)(F)F. The van der Waals surface area contributed by atoms with Crippen LogP contribution in [-0.4, -0.2) is 76.6 Å². The highest BCUT2D eigenvalue weighted by molar-refractivity contribution is 9.10. The Morgan fingerprint density at radius 2 is 1.49 bits per heavy atom. The van der Waals surface area contributed by atoms with E-state index < -0.39 is 12.1 Å². The number of amides is 2. The van der Waals surface area contributed by atoms with Gasteiger partial charge in [0.05, 0.1) is 6.42 Å². The number of rotatable bonds is 12. The van der Waals surface area contributed by atoms with Crippen LogP contribution < -0.4 is 5.32 Å². The second-order valence-electron chi connectivity index (χ2n) is 11.6. The van der Waals surface area contributed by atoms with E-state index in [2.05, 4.69) is 49.3 Å².